The molecule has 0 radical (unpaired) electrons. The second kappa shape index (κ2) is 17.4. The molecule has 8 rings (SSSR count). The van der Waals surface area contributed by atoms with Crippen LogP contribution in [0.15, 0.2) is 140 Å². The van der Waals surface area contributed by atoms with Crippen LogP contribution in [0.5, 0.6) is 5.75 Å². The van der Waals surface area contributed by atoms with E-state index in [9.17, 15) is 5.11 Å². The van der Waals surface area contributed by atoms with Gasteiger partial charge in [0.1, 0.15) is 11.6 Å². The van der Waals surface area contributed by atoms with Crippen molar-refractivity contribution < 1.29 is 26.2 Å². The van der Waals surface area contributed by atoms with Gasteiger partial charge in [-0.25, -0.2) is 4.98 Å². The Kier molecular flexibility index (Phi) is 12.6. The molecule has 2 aromatic heterocycles. The average molecular weight is 1020 g/mol. The maximum atomic E-state index is 12.5. The van der Waals surface area contributed by atoms with Crippen molar-refractivity contribution in [3.63, 3.8) is 0 Å². The molecule has 2 heterocycles. The van der Waals surface area contributed by atoms with Gasteiger partial charge in [-0.1, -0.05) is 185 Å². The van der Waals surface area contributed by atoms with E-state index in [4.69, 9.17) is 9.97 Å². The number of phenolic OH excluding ortho intramolecular Hbond substituents is 1. The number of hydrogen-bond donors (Lipinski definition) is 1. The Morgan fingerprint density at radius 2 is 1.16 bits per heavy atom. The Balaban J connectivity index is 0.00000612. The van der Waals surface area contributed by atoms with E-state index < -0.39 is 0 Å². The number of phenols is 1. The summed E-state index contributed by atoms with van der Waals surface area (Å²) in [6.07, 6.45) is 2.90. The first kappa shape index (κ1) is 46.4. The quantitative estimate of drug-likeness (QED) is 0.154. The van der Waals surface area contributed by atoms with Crippen LogP contribution in [-0.2, 0) is 42.7 Å². The minimum Gasteiger partial charge on any atom is -0.507 e. The molecule has 8 aromatic rings. The maximum Gasteiger partial charge on any atom is 0.148 e. The van der Waals surface area contributed by atoms with Crippen molar-refractivity contribution in [2.75, 3.05) is 0 Å². The standard InChI is InChI=1S/C59H62N3O.Pt/c1-13-59(11,12)43-27-28-51(47(35-43)39-23-18-15-19-24-39)62-52-26-20-25-46(53(52)61-55(62)48-36-45(57(5,6)7)37-49(54(48)63)58(8,9)10)41-31-42(33-44(32-41)56(2,3)4)50-34-40(29-30-60-50)38-21-16-14-17-22-38;/h14-30,32-37,63H,13H2,1-12H3;/q-1;. The van der Waals surface area contributed by atoms with Crippen molar-refractivity contribution in [2.45, 2.75) is 111 Å². The molecular weight excluding hydrogens is 962 g/mol. The molecular formula is C59H62N3OPt-. The van der Waals surface area contributed by atoms with Crippen LogP contribution in [0.1, 0.15) is 112 Å². The number of benzene rings is 6. The van der Waals surface area contributed by atoms with Crippen LogP contribution in [-0.4, -0.2) is 19.6 Å². The number of hydrogen-bond acceptors (Lipinski definition) is 3. The fourth-order valence-corrected chi connectivity index (χ4v) is 8.43. The largest absolute Gasteiger partial charge is 0.507 e. The molecule has 0 atom stereocenters. The molecule has 0 amide bonds. The third kappa shape index (κ3) is 9.05. The zero-order valence-corrected chi connectivity index (χ0v) is 41.9. The number of pyridine rings is 1. The van der Waals surface area contributed by atoms with Crippen LogP contribution in [0.3, 0.4) is 0 Å². The van der Waals surface area contributed by atoms with Gasteiger partial charge in [0, 0.05) is 44.1 Å². The molecule has 1 N–H and O–H groups in total. The van der Waals surface area contributed by atoms with Crippen molar-refractivity contribution in [2.24, 2.45) is 0 Å². The van der Waals surface area contributed by atoms with Gasteiger partial charge >= 0.3 is 0 Å². The Bertz CT molecular complexity index is 2960. The van der Waals surface area contributed by atoms with Crippen LogP contribution in [0.4, 0.5) is 0 Å². The summed E-state index contributed by atoms with van der Waals surface area (Å²) in [4.78, 5) is 10.6. The number of rotatable bonds is 8. The van der Waals surface area contributed by atoms with Crippen molar-refractivity contribution >= 4 is 11.0 Å². The predicted molar refractivity (Wildman–Crippen MR) is 266 cm³/mol. The number of nitrogens with zero attached hydrogens (tertiary/aromatic N) is 3. The van der Waals surface area contributed by atoms with E-state index in [0.29, 0.717) is 11.4 Å². The molecule has 0 saturated carbocycles. The van der Waals surface area contributed by atoms with Gasteiger partial charge in [0.2, 0.25) is 0 Å². The summed E-state index contributed by atoms with van der Waals surface area (Å²) in [5.74, 6) is 0.946. The number of para-hydroxylation sites is 1. The number of aromatic hydroxyl groups is 1. The maximum absolute atomic E-state index is 12.5. The van der Waals surface area contributed by atoms with Gasteiger partial charge in [-0.2, -0.15) is 0 Å². The third-order valence-electron chi connectivity index (χ3n) is 12.9. The van der Waals surface area contributed by atoms with Crippen LogP contribution in [0.25, 0.3) is 72.7 Å². The summed E-state index contributed by atoms with van der Waals surface area (Å²) in [7, 11) is 0. The van der Waals surface area contributed by atoms with E-state index in [1.54, 1.807) is 0 Å². The molecule has 0 bridgehead atoms. The van der Waals surface area contributed by atoms with Gasteiger partial charge in [0.15, 0.2) is 0 Å². The first-order valence-electron chi connectivity index (χ1n) is 22.4. The molecule has 0 unspecified atom stereocenters. The van der Waals surface area contributed by atoms with Crippen molar-refractivity contribution in [3.05, 3.63) is 168 Å². The summed E-state index contributed by atoms with van der Waals surface area (Å²) >= 11 is 0. The van der Waals surface area contributed by atoms with E-state index in [0.717, 1.165) is 78.9 Å². The second-order valence-electron chi connectivity index (χ2n) is 20.9. The molecule has 5 heteroatoms. The van der Waals surface area contributed by atoms with Crippen LogP contribution in [0, 0.1) is 6.07 Å². The summed E-state index contributed by atoms with van der Waals surface area (Å²) in [5, 5.41) is 12.5. The molecule has 0 aliphatic rings. The molecule has 0 aliphatic heterocycles. The topological polar surface area (TPSA) is 50.9 Å². The minimum absolute atomic E-state index is 0. The van der Waals surface area contributed by atoms with Gasteiger partial charge in [-0.15, -0.1) is 29.3 Å². The summed E-state index contributed by atoms with van der Waals surface area (Å²) in [6.45, 7) is 26.9. The molecule has 0 spiro atoms. The van der Waals surface area contributed by atoms with Crippen molar-refractivity contribution in [3.8, 4) is 67.5 Å². The molecule has 6 aromatic carbocycles. The number of aromatic nitrogens is 3. The smallest absolute Gasteiger partial charge is 0.148 e. The van der Waals surface area contributed by atoms with Crippen molar-refractivity contribution in [1.82, 2.24) is 14.5 Å². The summed E-state index contributed by atoms with van der Waals surface area (Å²) in [6, 6.07) is 51.4. The van der Waals surface area contributed by atoms with Gasteiger partial charge < -0.3 is 5.11 Å². The first-order valence-corrected chi connectivity index (χ1v) is 22.4. The Labute approximate surface area is 396 Å². The molecule has 4 nitrogen and oxygen atoms in total. The van der Waals surface area contributed by atoms with Crippen LogP contribution in [0.2, 0.25) is 0 Å². The second-order valence-corrected chi connectivity index (χ2v) is 20.9. The monoisotopic (exact) mass is 1020 g/mol. The van der Waals surface area contributed by atoms with Gasteiger partial charge in [0.05, 0.1) is 22.3 Å². The average Bonchev–Trinajstić information content (AvgIpc) is 3.65. The molecule has 330 valence electrons. The van der Waals surface area contributed by atoms with E-state index in [1.165, 1.54) is 11.1 Å². The Hall–Kier alpha value is -5.57. The summed E-state index contributed by atoms with van der Waals surface area (Å²) in [5.41, 5.74) is 15.5. The van der Waals surface area contributed by atoms with Crippen LogP contribution < -0.4 is 0 Å². The molecule has 0 aliphatic carbocycles. The van der Waals surface area contributed by atoms with Gasteiger partial charge in [-0.3, -0.25) is 9.55 Å². The minimum atomic E-state index is -0.324. The Morgan fingerprint density at radius 1 is 0.547 bits per heavy atom. The number of fused-ring (bicyclic) bond motifs is 1. The third-order valence-corrected chi connectivity index (χ3v) is 12.9. The fourth-order valence-electron chi connectivity index (χ4n) is 8.43. The van der Waals surface area contributed by atoms with Gasteiger partial charge in [0.25, 0.3) is 0 Å². The zero-order valence-electron chi connectivity index (χ0n) is 39.6. The van der Waals surface area contributed by atoms with E-state index >= 15 is 0 Å². The van der Waals surface area contributed by atoms with E-state index in [1.807, 2.05) is 12.3 Å². The summed E-state index contributed by atoms with van der Waals surface area (Å²) < 4.78 is 2.29. The van der Waals surface area contributed by atoms with E-state index in [-0.39, 0.29) is 48.5 Å². The molecule has 0 fully saturated rings. The molecule has 64 heavy (non-hydrogen) atoms. The Morgan fingerprint density at radius 3 is 1.78 bits per heavy atom. The number of imidazole rings is 1. The zero-order chi connectivity index (χ0) is 45.1. The van der Waals surface area contributed by atoms with Crippen molar-refractivity contribution in [1.29, 1.82) is 0 Å². The van der Waals surface area contributed by atoms with Crippen LogP contribution >= 0.6 is 0 Å². The normalized spacial score (nSPS) is 12.4. The fraction of sp³-hybridized carbons (Fsp3) is 0.288. The molecule has 0 saturated heterocycles. The predicted octanol–water partition coefficient (Wildman–Crippen LogP) is 15.8. The SMILES string of the molecule is CCC(C)(C)c1ccc(-n2c(-c3cc(C(C)(C)C)cc(C(C)(C)C)c3O)nc3c(-c4[c-]c(-c5cc(-c6ccccc6)ccn5)cc(C(C)(C)C)c4)cccc32)c(-c2ccccc2)c1.[Pt]. The van der Waals surface area contributed by atoms with Gasteiger partial charge in [-0.05, 0) is 86.2 Å². The first-order chi connectivity index (χ1) is 29.7. The van der Waals surface area contributed by atoms with E-state index in [2.05, 4.69) is 221 Å².